The Morgan fingerprint density at radius 1 is 1.12 bits per heavy atom. The summed E-state index contributed by atoms with van der Waals surface area (Å²) in [6.45, 7) is 4.43. The Hall–Kier alpha value is -1.63. The molecule has 0 aliphatic carbocycles. The molecule has 0 bridgehead atoms. The van der Waals surface area contributed by atoms with Crippen LogP contribution in [0.25, 0.3) is 0 Å². The highest BCUT2D eigenvalue weighted by Gasteiger charge is 2.16. The molecule has 0 radical (unpaired) electrons. The second-order valence-corrected chi connectivity index (χ2v) is 3.62. The number of aliphatic hydroxyl groups excluding tert-OH is 1. The van der Waals surface area contributed by atoms with E-state index in [-0.39, 0.29) is 24.7 Å². The van der Waals surface area contributed by atoms with Gasteiger partial charge in [0.2, 0.25) is 5.95 Å². The zero-order valence-electron chi connectivity index (χ0n) is 10.5. The van der Waals surface area contributed by atoms with Gasteiger partial charge in [0.05, 0.1) is 20.8 Å². The van der Waals surface area contributed by atoms with Crippen molar-refractivity contribution in [2.24, 2.45) is 0 Å². The Morgan fingerprint density at radius 3 is 2.00 bits per heavy atom. The van der Waals surface area contributed by atoms with Crippen molar-refractivity contribution in [2.45, 2.75) is 19.9 Å². The fourth-order valence-electron chi connectivity index (χ4n) is 1.34. The fourth-order valence-corrected chi connectivity index (χ4v) is 1.34. The van der Waals surface area contributed by atoms with Gasteiger partial charge in [-0.05, 0) is 13.8 Å². The van der Waals surface area contributed by atoms with Crippen molar-refractivity contribution < 1.29 is 14.6 Å². The summed E-state index contributed by atoms with van der Waals surface area (Å²) < 4.78 is 9.95. The molecule has 1 aromatic rings. The van der Waals surface area contributed by atoms with Crippen LogP contribution in [0.15, 0.2) is 0 Å². The minimum Gasteiger partial charge on any atom is -0.467 e. The minimum atomic E-state index is 0.0223. The second kappa shape index (κ2) is 6.19. The summed E-state index contributed by atoms with van der Waals surface area (Å²) in [5, 5.41) is 9.02. The molecule has 1 aromatic heterocycles. The number of methoxy groups -OCH3 is 2. The largest absolute Gasteiger partial charge is 0.467 e. The molecule has 1 N–H and O–H groups in total. The topological polar surface area (TPSA) is 80.6 Å². The number of hydrogen-bond donors (Lipinski definition) is 1. The Labute approximate surface area is 100 Å². The molecule has 1 heterocycles. The van der Waals surface area contributed by atoms with E-state index in [9.17, 15) is 0 Å². The lowest BCUT2D eigenvalue weighted by atomic mass is 10.3. The molecule has 0 spiro atoms. The van der Waals surface area contributed by atoms with Gasteiger partial charge in [-0.15, -0.1) is 4.98 Å². The number of aliphatic hydroxyl groups is 1. The summed E-state index contributed by atoms with van der Waals surface area (Å²) >= 11 is 0. The molecule has 0 atom stereocenters. The first-order valence-corrected chi connectivity index (χ1v) is 5.34. The van der Waals surface area contributed by atoms with Crippen molar-refractivity contribution in [3.05, 3.63) is 0 Å². The molecule has 7 heteroatoms. The highest BCUT2D eigenvalue weighted by Crippen LogP contribution is 2.17. The van der Waals surface area contributed by atoms with Gasteiger partial charge < -0.3 is 19.5 Å². The van der Waals surface area contributed by atoms with Crippen LogP contribution in [0.2, 0.25) is 0 Å². The predicted octanol–water partition coefficient (Wildman–Crippen LogP) is 0.0959. The summed E-state index contributed by atoms with van der Waals surface area (Å²) in [7, 11) is 2.95. The van der Waals surface area contributed by atoms with Crippen LogP contribution in [0.4, 0.5) is 5.95 Å². The highest BCUT2D eigenvalue weighted by atomic mass is 16.5. The van der Waals surface area contributed by atoms with E-state index >= 15 is 0 Å². The summed E-state index contributed by atoms with van der Waals surface area (Å²) in [6.07, 6.45) is 0. The van der Waals surface area contributed by atoms with Crippen LogP contribution in [-0.4, -0.2) is 53.5 Å². The number of anilines is 1. The second-order valence-electron chi connectivity index (χ2n) is 3.62. The van der Waals surface area contributed by atoms with Gasteiger partial charge in [-0.3, -0.25) is 0 Å². The minimum absolute atomic E-state index is 0.0223. The van der Waals surface area contributed by atoms with Gasteiger partial charge in [0.15, 0.2) is 0 Å². The van der Waals surface area contributed by atoms with Gasteiger partial charge in [0.25, 0.3) is 0 Å². The predicted molar refractivity (Wildman–Crippen MR) is 62.5 cm³/mol. The summed E-state index contributed by atoms with van der Waals surface area (Å²) in [6, 6.07) is 0.532. The average molecular weight is 242 g/mol. The maximum Gasteiger partial charge on any atom is 0.324 e. The summed E-state index contributed by atoms with van der Waals surface area (Å²) in [5.41, 5.74) is 0. The van der Waals surface area contributed by atoms with Crippen molar-refractivity contribution in [1.29, 1.82) is 0 Å². The van der Waals surface area contributed by atoms with Crippen LogP contribution in [-0.2, 0) is 0 Å². The van der Waals surface area contributed by atoms with Crippen LogP contribution >= 0.6 is 0 Å². The molecule has 0 saturated heterocycles. The monoisotopic (exact) mass is 242 g/mol. The molecule has 0 aliphatic rings. The number of ether oxygens (including phenoxy) is 2. The SMILES string of the molecule is COc1nc(OC)nc(N(CCO)C(C)C)n1. The van der Waals surface area contributed by atoms with Gasteiger partial charge in [-0.1, -0.05) is 0 Å². The number of rotatable bonds is 6. The van der Waals surface area contributed by atoms with Crippen LogP contribution < -0.4 is 14.4 Å². The van der Waals surface area contributed by atoms with Crippen molar-refractivity contribution >= 4 is 5.95 Å². The third-order valence-electron chi connectivity index (χ3n) is 2.17. The summed E-state index contributed by atoms with van der Waals surface area (Å²) in [4.78, 5) is 14.0. The van der Waals surface area contributed by atoms with E-state index in [2.05, 4.69) is 15.0 Å². The molecule has 1 rings (SSSR count). The van der Waals surface area contributed by atoms with Gasteiger partial charge in [-0.25, -0.2) is 0 Å². The van der Waals surface area contributed by atoms with E-state index < -0.39 is 0 Å². The van der Waals surface area contributed by atoms with Gasteiger partial charge in [0.1, 0.15) is 0 Å². The van der Waals surface area contributed by atoms with E-state index in [4.69, 9.17) is 14.6 Å². The van der Waals surface area contributed by atoms with Crippen LogP contribution in [0.1, 0.15) is 13.8 Å². The van der Waals surface area contributed by atoms with Crippen molar-refractivity contribution in [1.82, 2.24) is 15.0 Å². The lowest BCUT2D eigenvalue weighted by Crippen LogP contribution is -2.35. The zero-order valence-corrected chi connectivity index (χ0v) is 10.5. The molecule has 17 heavy (non-hydrogen) atoms. The van der Waals surface area contributed by atoms with Crippen LogP contribution in [0.5, 0.6) is 12.0 Å². The summed E-state index contributed by atoms with van der Waals surface area (Å²) in [5.74, 6) is 0.428. The number of nitrogens with zero attached hydrogens (tertiary/aromatic N) is 4. The molecule has 7 nitrogen and oxygen atoms in total. The molecule has 0 aliphatic heterocycles. The first-order valence-electron chi connectivity index (χ1n) is 5.34. The molecular formula is C10H18N4O3. The normalized spacial score (nSPS) is 10.5. The Morgan fingerprint density at radius 2 is 1.65 bits per heavy atom. The number of hydrogen-bond acceptors (Lipinski definition) is 7. The van der Waals surface area contributed by atoms with Gasteiger partial charge in [0, 0.05) is 12.6 Å². The number of aromatic nitrogens is 3. The third-order valence-corrected chi connectivity index (χ3v) is 2.17. The quantitative estimate of drug-likeness (QED) is 0.757. The molecule has 0 unspecified atom stereocenters. The van der Waals surface area contributed by atoms with Gasteiger partial charge >= 0.3 is 12.0 Å². The Bertz CT molecular complexity index is 337. The standard InChI is InChI=1S/C10H18N4O3/c1-7(2)14(5-6-15)8-11-9(16-3)13-10(12-8)17-4/h7,15H,5-6H2,1-4H3. The van der Waals surface area contributed by atoms with E-state index in [0.717, 1.165) is 0 Å². The van der Waals surface area contributed by atoms with E-state index in [0.29, 0.717) is 12.5 Å². The third kappa shape index (κ3) is 3.42. The Kier molecular flexibility index (Phi) is 4.89. The smallest absolute Gasteiger partial charge is 0.324 e. The maximum atomic E-state index is 9.02. The first-order chi connectivity index (χ1) is 8.12. The average Bonchev–Trinajstić information content (AvgIpc) is 2.34. The van der Waals surface area contributed by atoms with Crippen molar-refractivity contribution in [2.75, 3.05) is 32.3 Å². The zero-order chi connectivity index (χ0) is 12.8. The van der Waals surface area contributed by atoms with E-state index in [1.165, 1.54) is 14.2 Å². The van der Waals surface area contributed by atoms with Crippen LogP contribution in [0.3, 0.4) is 0 Å². The van der Waals surface area contributed by atoms with Crippen LogP contribution in [0, 0.1) is 0 Å². The first kappa shape index (κ1) is 13.4. The lowest BCUT2D eigenvalue weighted by molar-refractivity contribution is 0.296. The van der Waals surface area contributed by atoms with Crippen molar-refractivity contribution in [3.63, 3.8) is 0 Å². The molecule has 0 fully saturated rings. The molecule has 0 amide bonds. The molecule has 0 saturated carbocycles. The van der Waals surface area contributed by atoms with Gasteiger partial charge in [-0.2, -0.15) is 9.97 Å². The van der Waals surface area contributed by atoms with E-state index in [1.807, 2.05) is 18.7 Å². The fraction of sp³-hybridized carbons (Fsp3) is 0.700. The highest BCUT2D eigenvalue weighted by molar-refractivity contribution is 5.33. The molecule has 0 aromatic carbocycles. The molecule has 96 valence electrons. The van der Waals surface area contributed by atoms with Crippen molar-refractivity contribution in [3.8, 4) is 12.0 Å². The maximum absolute atomic E-state index is 9.02. The lowest BCUT2D eigenvalue weighted by Gasteiger charge is -2.25. The Balaban J connectivity index is 3.08. The molecular weight excluding hydrogens is 224 g/mol. The van der Waals surface area contributed by atoms with E-state index in [1.54, 1.807) is 0 Å².